The molecule has 6 N–H and O–H groups in total. The van der Waals surface area contributed by atoms with Gasteiger partial charge in [0.05, 0.1) is 49.7 Å². The number of rotatable bonds is 8. The van der Waals surface area contributed by atoms with Gasteiger partial charge in [0.2, 0.25) is 6.79 Å². The zero-order chi connectivity index (χ0) is 45.9. The second-order valence-corrected chi connectivity index (χ2v) is 21.1. The molecule has 0 saturated carbocycles. The monoisotopic (exact) mass is 945 g/mol. The number of hydrogen-bond donors (Lipinski definition) is 6. The lowest BCUT2D eigenvalue weighted by molar-refractivity contribution is -0.186. The molecule has 17 nitrogen and oxygen atoms in total. The van der Waals surface area contributed by atoms with E-state index in [2.05, 4.69) is 20.9 Å². The number of phenols is 2. The first-order chi connectivity index (χ1) is 31.8. The van der Waals surface area contributed by atoms with E-state index in [9.17, 15) is 29.7 Å². The van der Waals surface area contributed by atoms with E-state index in [1.165, 1.54) is 26.0 Å². The fourth-order valence-corrected chi connectivity index (χ4v) is 15.5. The molecule has 10 atom stereocenters. The lowest BCUT2D eigenvalue weighted by Crippen LogP contribution is -2.70. The Bertz CT molecular complexity index is 2550. The van der Waals surface area contributed by atoms with Crippen LogP contribution in [0.25, 0.3) is 0 Å². The number of carbonyl (C=O) groups is 3. The number of aryl methyl sites for hydroxylation is 1. The van der Waals surface area contributed by atoms with E-state index in [1.54, 1.807) is 12.1 Å². The first-order valence-electron chi connectivity index (χ1n) is 22.7. The van der Waals surface area contributed by atoms with Crippen LogP contribution in [-0.4, -0.2) is 131 Å². The number of nitrogens with one attached hydrogen (secondary N) is 3. The number of hydrogen-bond acceptors (Lipinski definition) is 17. The number of aliphatic hydroxyl groups excluding tert-OH is 1. The summed E-state index contributed by atoms with van der Waals surface area (Å²) in [6.07, 6.45) is 2.25. The van der Waals surface area contributed by atoms with Gasteiger partial charge in [-0.05, 0) is 81.0 Å². The molecular weight excluding hydrogens is 891 g/mol. The van der Waals surface area contributed by atoms with Crippen molar-refractivity contribution in [3.63, 3.8) is 0 Å². The molecule has 0 aliphatic carbocycles. The van der Waals surface area contributed by atoms with Crippen LogP contribution in [-0.2, 0) is 32.7 Å². The van der Waals surface area contributed by atoms with Crippen molar-refractivity contribution in [1.82, 2.24) is 25.8 Å². The van der Waals surface area contributed by atoms with Crippen molar-refractivity contribution in [1.29, 1.82) is 0 Å². The van der Waals surface area contributed by atoms with Crippen molar-refractivity contribution in [3.8, 4) is 40.2 Å². The average Bonchev–Trinajstić information content (AvgIpc) is 4.03. The maximum Gasteiger partial charge on any atom is 0.331 e. The number of thioether (sulfide) groups is 2. The van der Waals surface area contributed by atoms with Gasteiger partial charge in [0.25, 0.3) is 0 Å². The summed E-state index contributed by atoms with van der Waals surface area (Å²) in [4.78, 5) is 45.3. The Balaban J connectivity index is 1.04. The topological polar surface area (TPSA) is 210 Å². The van der Waals surface area contributed by atoms with Crippen molar-refractivity contribution < 1.29 is 58.1 Å². The van der Waals surface area contributed by atoms with Crippen LogP contribution >= 0.6 is 23.5 Å². The van der Waals surface area contributed by atoms with Crippen molar-refractivity contribution >= 4 is 41.5 Å². The van der Waals surface area contributed by atoms with Crippen LogP contribution in [0.3, 0.4) is 0 Å². The van der Waals surface area contributed by atoms with Crippen molar-refractivity contribution in [2.75, 3.05) is 52.7 Å². The van der Waals surface area contributed by atoms with Crippen LogP contribution in [0, 0.1) is 13.8 Å². The molecule has 1 spiro atoms. The number of carbonyl (C=O) groups excluding carboxylic acids is 3. The molecule has 4 unspecified atom stereocenters. The van der Waals surface area contributed by atoms with E-state index in [0.717, 1.165) is 35.3 Å². The fourth-order valence-electron chi connectivity index (χ4n) is 12.3. The second kappa shape index (κ2) is 16.5. The van der Waals surface area contributed by atoms with Gasteiger partial charge in [-0.2, -0.15) is 11.8 Å². The molecular formula is C47H55N5O12S2. The average molecular weight is 946 g/mol. The van der Waals surface area contributed by atoms with E-state index < -0.39 is 53.1 Å². The van der Waals surface area contributed by atoms with Crippen LogP contribution in [0.15, 0.2) is 18.2 Å². The lowest BCUT2D eigenvalue weighted by atomic mass is 9.73. The predicted molar refractivity (Wildman–Crippen MR) is 243 cm³/mol. The first kappa shape index (κ1) is 43.8. The number of likely N-dealkylation sites (N-methyl/N-ethyl adjacent to an activating group) is 1. The van der Waals surface area contributed by atoms with Gasteiger partial charge >= 0.3 is 18.0 Å². The number of nitrogens with zero attached hydrogens (tertiary/aromatic N) is 2. The highest BCUT2D eigenvalue weighted by Crippen LogP contribution is 2.64. The number of fused-ring (bicyclic) bond motifs is 10. The van der Waals surface area contributed by atoms with E-state index in [0.29, 0.717) is 76.6 Å². The first-order valence-corrected chi connectivity index (χ1v) is 24.8. The molecule has 0 radical (unpaired) electrons. The van der Waals surface area contributed by atoms with Crippen LogP contribution in [0.4, 0.5) is 4.79 Å². The quantitative estimate of drug-likeness (QED) is 0.0813. The van der Waals surface area contributed by atoms with Crippen molar-refractivity contribution in [3.05, 3.63) is 62.7 Å². The molecule has 0 aromatic heterocycles. The van der Waals surface area contributed by atoms with Gasteiger partial charge in [-0.25, -0.2) is 9.59 Å². The van der Waals surface area contributed by atoms with Crippen LogP contribution in [0.2, 0.25) is 0 Å². The number of amides is 2. The highest BCUT2D eigenvalue weighted by molar-refractivity contribution is 8.00. The highest BCUT2D eigenvalue weighted by atomic mass is 32.2. The number of phenolic OH excluding ortho intramolecular Hbond substituents is 2. The van der Waals surface area contributed by atoms with Gasteiger partial charge < -0.3 is 54.4 Å². The highest BCUT2D eigenvalue weighted by Gasteiger charge is 2.61. The Morgan fingerprint density at radius 1 is 0.970 bits per heavy atom. The normalized spacial score (nSPS) is 31.5. The Labute approximate surface area is 390 Å². The number of methoxy groups -OCH3 is 2. The molecule has 3 aromatic carbocycles. The zero-order valence-electron chi connectivity index (χ0n) is 37.4. The third-order valence-electron chi connectivity index (χ3n) is 15.3. The number of urea groups is 1. The summed E-state index contributed by atoms with van der Waals surface area (Å²) in [5.74, 6) is 1.83. The summed E-state index contributed by atoms with van der Waals surface area (Å²) in [6.45, 7) is 3.88. The van der Waals surface area contributed by atoms with E-state index >= 15 is 0 Å². The molecule has 19 heteroatoms. The number of ether oxygens (including phenoxy) is 6. The number of unbranched alkanes of at least 4 members (excludes halogenated alkanes) is 1. The number of piperazine rings is 1. The summed E-state index contributed by atoms with van der Waals surface area (Å²) in [5, 5.41) is 45.1. The van der Waals surface area contributed by atoms with E-state index in [4.69, 9.17) is 28.4 Å². The molecule has 4 bridgehead atoms. The Morgan fingerprint density at radius 3 is 2.59 bits per heavy atom. The molecule has 66 heavy (non-hydrogen) atoms. The number of aromatic hydroxyl groups is 2. The van der Waals surface area contributed by atoms with Gasteiger partial charge in [0.1, 0.15) is 18.6 Å². The summed E-state index contributed by atoms with van der Waals surface area (Å²) in [7, 11) is 4.97. The zero-order valence-corrected chi connectivity index (χ0v) is 39.1. The maximum atomic E-state index is 14.9. The fraction of sp³-hybridized carbons (Fsp3) is 0.553. The molecule has 9 aliphatic rings. The third-order valence-corrected chi connectivity index (χ3v) is 18.3. The molecule has 12 rings (SSSR count). The molecule has 352 valence electrons. The molecule has 4 saturated heterocycles. The van der Waals surface area contributed by atoms with Gasteiger partial charge in [0, 0.05) is 58.0 Å². The standard InChI is InChI=1S/C47H55N5O12S2/c1-20-12-23-13-26-44(56)52-27-16-61-45(57)47(24-15-29(59-4)28(53)14-22(24)10-11-48-47)18-66-43(37(52)36(51(26)3)32(23)38(55)39(20)60-5)34-33(27)42-41(62-19-63-42)21(2)40(34)64-31(54)9-7-6-8-30-35-25(17-65-30)49-46(58)50-35/h12,14-15,25-27,30,35-37,43-44,48,53,55-56H,6-11,13,16-19H2,1-5H3,(H2,49,50,58)/t25?,26-,27-,30?,35?,36-,37?,43-,44+,47-/m1/s1. The summed E-state index contributed by atoms with van der Waals surface area (Å²) in [6, 6.07) is 3.08. The summed E-state index contributed by atoms with van der Waals surface area (Å²) >= 11 is 3.31. The molecule has 2 amide bonds. The molecule has 9 aliphatic heterocycles. The molecule has 9 heterocycles. The Hall–Kier alpha value is -4.79. The largest absolute Gasteiger partial charge is 0.504 e. The number of aliphatic hydroxyl groups is 1. The minimum Gasteiger partial charge on any atom is -0.504 e. The lowest BCUT2D eigenvalue weighted by Gasteiger charge is -2.62. The van der Waals surface area contributed by atoms with Gasteiger partial charge in [-0.15, -0.1) is 11.8 Å². The van der Waals surface area contributed by atoms with Gasteiger partial charge in [-0.3, -0.25) is 19.9 Å². The van der Waals surface area contributed by atoms with E-state index in [1.807, 2.05) is 43.6 Å². The Morgan fingerprint density at radius 2 is 1.79 bits per heavy atom. The third kappa shape index (κ3) is 6.54. The molecule has 4 fully saturated rings. The minimum absolute atomic E-state index is 0.0293. The molecule has 3 aromatic rings. The van der Waals surface area contributed by atoms with E-state index in [-0.39, 0.29) is 66.2 Å². The second-order valence-electron chi connectivity index (χ2n) is 18.7. The van der Waals surface area contributed by atoms with Crippen LogP contribution in [0.5, 0.6) is 40.2 Å². The number of esters is 2. The predicted octanol–water partition coefficient (Wildman–Crippen LogP) is 4.12. The van der Waals surface area contributed by atoms with Crippen molar-refractivity contribution in [2.45, 2.75) is 111 Å². The van der Waals surface area contributed by atoms with Crippen LogP contribution < -0.4 is 39.6 Å². The maximum absolute atomic E-state index is 14.9. The Kier molecular flexibility index (Phi) is 10.9. The van der Waals surface area contributed by atoms with Gasteiger partial charge in [-0.1, -0.05) is 12.5 Å². The summed E-state index contributed by atoms with van der Waals surface area (Å²) in [5.41, 5.74) is 4.26. The van der Waals surface area contributed by atoms with Gasteiger partial charge in [0.15, 0.2) is 40.0 Å². The minimum atomic E-state index is -1.40. The van der Waals surface area contributed by atoms with Crippen LogP contribution in [0.1, 0.15) is 87.5 Å². The SMILES string of the molecule is COc1cc2c(cc1O)CCN[C@]21CS[C@@H]2c3c(OC(=O)CCCCC4SCC5NC(=O)NC54)c(C)c4c(c3[C@@H](COC1=O)N1C2[C@H]2c3c(cc(C)c(OC)c3O)C[C@H]([C@@H]1O)N2C)OCO4. The number of benzene rings is 3. The van der Waals surface area contributed by atoms with Crippen molar-refractivity contribution in [2.24, 2.45) is 0 Å². The smallest absolute Gasteiger partial charge is 0.331 e. The summed E-state index contributed by atoms with van der Waals surface area (Å²) < 4.78 is 36.9.